The lowest BCUT2D eigenvalue weighted by Crippen LogP contribution is -2.11. The van der Waals surface area contributed by atoms with Crippen molar-refractivity contribution in [2.45, 2.75) is 24.8 Å². The maximum atomic E-state index is 12.4. The number of aromatic amines is 1. The largest absolute Gasteiger partial charge is 0.337 e. The summed E-state index contributed by atoms with van der Waals surface area (Å²) in [6.07, 6.45) is 1.79. The van der Waals surface area contributed by atoms with E-state index in [1.807, 2.05) is 44.2 Å². The van der Waals surface area contributed by atoms with E-state index in [4.69, 9.17) is 5.84 Å². The molecule has 132 valence electrons. The lowest BCUT2D eigenvalue weighted by molar-refractivity contribution is 0.850. The highest BCUT2D eigenvalue weighted by Gasteiger charge is 2.13. The third-order valence-corrected chi connectivity index (χ3v) is 6.27. The molecule has 3 heterocycles. The Kier molecular flexibility index (Phi) is 4.29. The molecule has 0 amide bonds. The van der Waals surface area contributed by atoms with Crippen LogP contribution in [-0.2, 0) is 5.75 Å². The van der Waals surface area contributed by atoms with Gasteiger partial charge in [-0.25, -0.2) is 14.6 Å². The van der Waals surface area contributed by atoms with Gasteiger partial charge in [0.05, 0.1) is 23.0 Å². The molecule has 0 spiro atoms. The lowest BCUT2D eigenvalue weighted by atomic mass is 10.2. The molecular formula is C18H17N5OS2. The number of nitrogen functional groups attached to an aromatic ring is 1. The highest BCUT2D eigenvalue weighted by Crippen LogP contribution is 2.28. The minimum absolute atomic E-state index is 0.0893. The summed E-state index contributed by atoms with van der Waals surface area (Å²) in [4.78, 5) is 26.3. The van der Waals surface area contributed by atoms with Crippen molar-refractivity contribution in [2.75, 3.05) is 5.84 Å². The number of hydrogen-bond donors (Lipinski definition) is 2. The quantitative estimate of drug-likeness (QED) is 0.416. The molecule has 0 aliphatic carbocycles. The zero-order chi connectivity index (χ0) is 18.3. The number of aromatic nitrogens is 4. The number of thioether (sulfide) groups is 1. The SMILES string of the molecule is Cc1sc2nc(CSc3nc(-c4ccccc4)cn3N)[nH]c(=O)c2c1C. The summed E-state index contributed by atoms with van der Waals surface area (Å²) < 4.78 is 1.50. The molecule has 0 aliphatic rings. The van der Waals surface area contributed by atoms with Crippen molar-refractivity contribution in [3.63, 3.8) is 0 Å². The highest BCUT2D eigenvalue weighted by atomic mass is 32.2. The number of nitrogens with two attached hydrogens (primary N) is 1. The molecule has 0 bridgehead atoms. The first-order valence-electron chi connectivity index (χ1n) is 8.04. The summed E-state index contributed by atoms with van der Waals surface area (Å²) in [5.41, 5.74) is 2.74. The molecule has 0 atom stereocenters. The molecule has 3 N–H and O–H groups in total. The summed E-state index contributed by atoms with van der Waals surface area (Å²) in [7, 11) is 0. The van der Waals surface area contributed by atoms with Gasteiger partial charge >= 0.3 is 0 Å². The van der Waals surface area contributed by atoms with Crippen molar-refractivity contribution < 1.29 is 0 Å². The fraction of sp³-hybridized carbons (Fsp3) is 0.167. The smallest absolute Gasteiger partial charge is 0.259 e. The monoisotopic (exact) mass is 383 g/mol. The van der Waals surface area contributed by atoms with Gasteiger partial charge in [0.25, 0.3) is 5.56 Å². The summed E-state index contributed by atoms with van der Waals surface area (Å²) >= 11 is 2.99. The second-order valence-electron chi connectivity index (χ2n) is 5.95. The van der Waals surface area contributed by atoms with Gasteiger partial charge in [0, 0.05) is 10.4 Å². The number of H-pyrrole nitrogens is 1. The van der Waals surface area contributed by atoms with Crippen LogP contribution in [0.15, 0.2) is 46.5 Å². The van der Waals surface area contributed by atoms with Crippen LogP contribution in [0.4, 0.5) is 0 Å². The molecule has 0 unspecified atom stereocenters. The van der Waals surface area contributed by atoms with Crippen molar-refractivity contribution in [1.29, 1.82) is 0 Å². The van der Waals surface area contributed by atoms with E-state index >= 15 is 0 Å². The van der Waals surface area contributed by atoms with Gasteiger partial charge in [-0.3, -0.25) is 4.79 Å². The van der Waals surface area contributed by atoms with Crippen LogP contribution >= 0.6 is 23.1 Å². The van der Waals surface area contributed by atoms with E-state index in [1.54, 1.807) is 17.5 Å². The van der Waals surface area contributed by atoms with Crippen LogP contribution in [0.1, 0.15) is 16.3 Å². The molecule has 8 heteroatoms. The fourth-order valence-corrected chi connectivity index (χ4v) is 4.55. The second-order valence-corrected chi connectivity index (χ2v) is 8.09. The molecule has 26 heavy (non-hydrogen) atoms. The predicted molar refractivity (Wildman–Crippen MR) is 107 cm³/mol. The average molecular weight is 384 g/mol. The van der Waals surface area contributed by atoms with Gasteiger partial charge in [0.1, 0.15) is 10.7 Å². The Hall–Kier alpha value is -2.58. The van der Waals surface area contributed by atoms with Gasteiger partial charge in [0.15, 0.2) is 5.16 Å². The van der Waals surface area contributed by atoms with E-state index in [9.17, 15) is 4.79 Å². The van der Waals surface area contributed by atoms with Crippen molar-refractivity contribution in [3.05, 3.63) is 63.1 Å². The number of imidazole rings is 1. The van der Waals surface area contributed by atoms with Gasteiger partial charge < -0.3 is 10.8 Å². The Bertz CT molecular complexity index is 1140. The predicted octanol–water partition coefficient (Wildman–Crippen LogP) is 3.47. The molecule has 4 aromatic rings. The van der Waals surface area contributed by atoms with Gasteiger partial charge in [-0.05, 0) is 19.4 Å². The Morgan fingerprint density at radius 3 is 2.77 bits per heavy atom. The van der Waals surface area contributed by atoms with Gasteiger partial charge in [-0.2, -0.15) is 0 Å². The van der Waals surface area contributed by atoms with Gasteiger partial charge in [0.2, 0.25) is 0 Å². The third-order valence-electron chi connectivity index (χ3n) is 4.19. The van der Waals surface area contributed by atoms with E-state index in [0.29, 0.717) is 22.1 Å². The second kappa shape index (κ2) is 6.62. The Morgan fingerprint density at radius 2 is 2.00 bits per heavy atom. The molecule has 0 radical (unpaired) electrons. The standard InChI is InChI=1S/C18H17N5OS2/c1-10-11(2)26-17-15(10)16(24)21-14(22-17)9-25-18-20-13(8-23(18)19)12-6-4-3-5-7-12/h3-8H,9,19H2,1-2H3,(H,21,22,24). The summed E-state index contributed by atoms with van der Waals surface area (Å²) in [6.45, 7) is 3.96. The van der Waals surface area contributed by atoms with Crippen LogP contribution in [0.5, 0.6) is 0 Å². The van der Waals surface area contributed by atoms with Crippen molar-refractivity contribution in [1.82, 2.24) is 19.6 Å². The molecule has 4 rings (SSSR count). The number of fused-ring (bicyclic) bond motifs is 1. The third kappa shape index (κ3) is 3.02. The number of hydrogen-bond acceptors (Lipinski definition) is 6. The van der Waals surface area contributed by atoms with Crippen LogP contribution in [0.3, 0.4) is 0 Å². The van der Waals surface area contributed by atoms with Crippen LogP contribution in [0, 0.1) is 13.8 Å². The number of nitrogens with one attached hydrogen (secondary N) is 1. The maximum absolute atomic E-state index is 12.4. The van der Waals surface area contributed by atoms with Crippen LogP contribution < -0.4 is 11.4 Å². The number of benzene rings is 1. The van der Waals surface area contributed by atoms with Crippen molar-refractivity contribution in [3.8, 4) is 11.3 Å². The number of aryl methyl sites for hydroxylation is 2. The average Bonchev–Trinajstić information content (AvgIpc) is 3.14. The van der Waals surface area contributed by atoms with Crippen molar-refractivity contribution >= 4 is 33.3 Å². The normalized spacial score (nSPS) is 11.3. The molecular weight excluding hydrogens is 366 g/mol. The summed E-state index contributed by atoms with van der Waals surface area (Å²) in [5, 5.41) is 1.36. The topological polar surface area (TPSA) is 89.6 Å². The zero-order valence-corrected chi connectivity index (χ0v) is 15.9. The van der Waals surface area contributed by atoms with Gasteiger partial charge in [-0.15, -0.1) is 11.3 Å². The van der Waals surface area contributed by atoms with Crippen LogP contribution in [-0.4, -0.2) is 19.6 Å². The minimum Gasteiger partial charge on any atom is -0.337 e. The van der Waals surface area contributed by atoms with Crippen LogP contribution in [0.25, 0.3) is 21.5 Å². The number of rotatable bonds is 4. The summed E-state index contributed by atoms with van der Waals surface area (Å²) in [5.74, 6) is 7.14. The number of nitrogens with zero attached hydrogens (tertiary/aromatic N) is 3. The Balaban J connectivity index is 1.59. The van der Waals surface area contributed by atoms with E-state index in [1.165, 1.54) is 16.4 Å². The molecule has 0 aliphatic heterocycles. The first kappa shape index (κ1) is 16.9. The first-order chi connectivity index (χ1) is 12.5. The highest BCUT2D eigenvalue weighted by molar-refractivity contribution is 7.98. The Morgan fingerprint density at radius 1 is 1.23 bits per heavy atom. The van der Waals surface area contributed by atoms with E-state index in [-0.39, 0.29) is 5.56 Å². The Labute approximate surface area is 158 Å². The molecule has 0 saturated heterocycles. The fourth-order valence-electron chi connectivity index (χ4n) is 2.73. The number of thiophene rings is 1. The van der Waals surface area contributed by atoms with E-state index < -0.39 is 0 Å². The van der Waals surface area contributed by atoms with E-state index in [0.717, 1.165) is 26.5 Å². The zero-order valence-electron chi connectivity index (χ0n) is 14.3. The molecule has 0 saturated carbocycles. The summed E-state index contributed by atoms with van der Waals surface area (Å²) in [6, 6.07) is 9.88. The van der Waals surface area contributed by atoms with E-state index in [2.05, 4.69) is 15.0 Å². The van der Waals surface area contributed by atoms with Crippen LogP contribution in [0.2, 0.25) is 0 Å². The molecule has 0 fully saturated rings. The molecule has 6 nitrogen and oxygen atoms in total. The van der Waals surface area contributed by atoms with Crippen molar-refractivity contribution in [2.24, 2.45) is 0 Å². The molecule has 1 aromatic carbocycles. The minimum atomic E-state index is -0.0893. The lowest BCUT2D eigenvalue weighted by Gasteiger charge is -2.01. The molecule has 3 aromatic heterocycles. The van der Waals surface area contributed by atoms with Gasteiger partial charge in [-0.1, -0.05) is 42.1 Å². The first-order valence-corrected chi connectivity index (χ1v) is 9.84. The maximum Gasteiger partial charge on any atom is 0.259 e.